The van der Waals surface area contributed by atoms with Gasteiger partial charge >= 0.3 is 0 Å². The molecule has 2 rings (SSSR count). The van der Waals surface area contributed by atoms with Crippen molar-refractivity contribution in [1.82, 2.24) is 5.32 Å². The van der Waals surface area contributed by atoms with E-state index >= 15 is 0 Å². The van der Waals surface area contributed by atoms with Gasteiger partial charge in [-0.15, -0.1) is 0 Å². The zero-order chi connectivity index (χ0) is 10.7. The molecule has 1 aliphatic heterocycles. The Bertz CT molecular complexity index is 334. The topological polar surface area (TPSA) is 21.3 Å². The Hall–Kier alpha value is -0.380. The molecule has 3 heteroatoms. The van der Waals surface area contributed by atoms with Gasteiger partial charge in [0.05, 0.1) is 12.7 Å². The molecule has 1 fully saturated rings. The normalized spacial score (nSPS) is 21.6. The van der Waals surface area contributed by atoms with E-state index in [1.165, 1.54) is 15.6 Å². The molecule has 1 unspecified atom stereocenters. The van der Waals surface area contributed by atoms with Crippen molar-refractivity contribution in [1.29, 1.82) is 0 Å². The highest BCUT2D eigenvalue weighted by atomic mass is 79.9. The molecule has 0 saturated carbocycles. The number of morpholine rings is 1. The molecule has 1 aliphatic rings. The van der Waals surface area contributed by atoms with E-state index in [-0.39, 0.29) is 0 Å². The Morgan fingerprint density at radius 1 is 1.53 bits per heavy atom. The van der Waals surface area contributed by atoms with Gasteiger partial charge in [-0.05, 0) is 24.1 Å². The van der Waals surface area contributed by atoms with Gasteiger partial charge in [0.2, 0.25) is 0 Å². The maximum atomic E-state index is 5.68. The SMILES string of the molecule is Cc1ccc(CC2CNCCO2)c(Br)c1. The summed E-state index contributed by atoms with van der Waals surface area (Å²) in [4.78, 5) is 0. The second-order valence-electron chi connectivity index (χ2n) is 4.00. The highest BCUT2D eigenvalue weighted by Crippen LogP contribution is 2.20. The van der Waals surface area contributed by atoms with Gasteiger partial charge in [0.25, 0.3) is 0 Å². The number of hydrogen-bond donors (Lipinski definition) is 1. The lowest BCUT2D eigenvalue weighted by atomic mass is 10.1. The average molecular weight is 270 g/mol. The van der Waals surface area contributed by atoms with Gasteiger partial charge in [-0.2, -0.15) is 0 Å². The van der Waals surface area contributed by atoms with Crippen molar-refractivity contribution in [2.75, 3.05) is 19.7 Å². The standard InChI is InChI=1S/C12H16BrNO/c1-9-2-3-10(12(13)6-9)7-11-8-14-4-5-15-11/h2-3,6,11,14H,4-5,7-8H2,1H3. The Balaban J connectivity index is 2.03. The zero-order valence-electron chi connectivity index (χ0n) is 8.92. The number of benzene rings is 1. The highest BCUT2D eigenvalue weighted by Gasteiger charge is 2.14. The van der Waals surface area contributed by atoms with Crippen molar-refractivity contribution in [3.8, 4) is 0 Å². The lowest BCUT2D eigenvalue weighted by Crippen LogP contribution is -2.39. The van der Waals surface area contributed by atoms with Crippen LogP contribution in [0.1, 0.15) is 11.1 Å². The van der Waals surface area contributed by atoms with E-state index in [4.69, 9.17) is 4.74 Å². The van der Waals surface area contributed by atoms with Gasteiger partial charge in [0.15, 0.2) is 0 Å². The first-order valence-electron chi connectivity index (χ1n) is 5.33. The van der Waals surface area contributed by atoms with Crippen molar-refractivity contribution in [2.45, 2.75) is 19.4 Å². The molecule has 1 heterocycles. The number of ether oxygens (including phenoxy) is 1. The van der Waals surface area contributed by atoms with E-state index in [0.717, 1.165) is 26.1 Å². The second-order valence-corrected chi connectivity index (χ2v) is 4.85. The van der Waals surface area contributed by atoms with E-state index in [1.807, 2.05) is 0 Å². The molecule has 1 aromatic carbocycles. The molecule has 1 saturated heterocycles. The molecule has 1 aromatic rings. The van der Waals surface area contributed by atoms with E-state index in [9.17, 15) is 0 Å². The zero-order valence-corrected chi connectivity index (χ0v) is 10.5. The van der Waals surface area contributed by atoms with Crippen LogP contribution >= 0.6 is 15.9 Å². The fourth-order valence-corrected chi connectivity index (χ4v) is 2.47. The number of halogens is 1. The Morgan fingerprint density at radius 3 is 3.07 bits per heavy atom. The maximum absolute atomic E-state index is 5.68. The van der Waals surface area contributed by atoms with Gasteiger partial charge in [-0.3, -0.25) is 0 Å². The van der Waals surface area contributed by atoms with Crippen molar-refractivity contribution in [3.63, 3.8) is 0 Å². The molecule has 0 radical (unpaired) electrons. The lowest BCUT2D eigenvalue weighted by Gasteiger charge is -2.24. The molecule has 0 bridgehead atoms. The van der Waals surface area contributed by atoms with Crippen LogP contribution in [0.5, 0.6) is 0 Å². The van der Waals surface area contributed by atoms with Crippen LogP contribution in [0, 0.1) is 6.92 Å². The quantitative estimate of drug-likeness (QED) is 0.890. The largest absolute Gasteiger partial charge is 0.375 e. The summed E-state index contributed by atoms with van der Waals surface area (Å²) < 4.78 is 6.88. The van der Waals surface area contributed by atoms with Crippen LogP contribution in [0.15, 0.2) is 22.7 Å². The first kappa shape index (κ1) is 11.1. The summed E-state index contributed by atoms with van der Waals surface area (Å²) in [6, 6.07) is 6.49. The van der Waals surface area contributed by atoms with Crippen molar-refractivity contribution >= 4 is 15.9 Å². The summed E-state index contributed by atoms with van der Waals surface area (Å²) in [5, 5.41) is 3.35. The smallest absolute Gasteiger partial charge is 0.0740 e. The minimum absolute atomic E-state index is 0.317. The Labute approximate surface area is 99.1 Å². The van der Waals surface area contributed by atoms with Gasteiger partial charge in [0, 0.05) is 24.0 Å². The minimum Gasteiger partial charge on any atom is -0.375 e. The van der Waals surface area contributed by atoms with Crippen LogP contribution in [0.4, 0.5) is 0 Å². The number of hydrogen-bond acceptors (Lipinski definition) is 2. The molecule has 1 atom stereocenters. The highest BCUT2D eigenvalue weighted by molar-refractivity contribution is 9.10. The second kappa shape index (κ2) is 5.10. The number of aryl methyl sites for hydroxylation is 1. The van der Waals surface area contributed by atoms with Crippen molar-refractivity contribution in [2.24, 2.45) is 0 Å². The van der Waals surface area contributed by atoms with E-state index in [0.29, 0.717) is 6.10 Å². The fourth-order valence-electron chi connectivity index (χ4n) is 1.81. The summed E-state index contributed by atoms with van der Waals surface area (Å²) in [7, 11) is 0. The van der Waals surface area contributed by atoms with E-state index < -0.39 is 0 Å². The predicted octanol–water partition coefficient (Wildman–Crippen LogP) is 2.29. The maximum Gasteiger partial charge on any atom is 0.0740 e. The number of rotatable bonds is 2. The van der Waals surface area contributed by atoms with Crippen LogP contribution in [0.25, 0.3) is 0 Å². The molecular weight excluding hydrogens is 254 g/mol. The molecule has 0 aliphatic carbocycles. The summed E-state index contributed by atoms with van der Waals surface area (Å²) in [5.74, 6) is 0. The van der Waals surface area contributed by atoms with Crippen LogP contribution in [0.3, 0.4) is 0 Å². The molecule has 0 aromatic heterocycles. The third-order valence-corrected chi connectivity index (χ3v) is 3.40. The summed E-state index contributed by atoms with van der Waals surface area (Å²) >= 11 is 3.60. The number of nitrogens with one attached hydrogen (secondary N) is 1. The van der Waals surface area contributed by atoms with Crippen LogP contribution in [0.2, 0.25) is 0 Å². The molecule has 1 N–H and O–H groups in total. The van der Waals surface area contributed by atoms with E-state index in [1.54, 1.807) is 0 Å². The van der Waals surface area contributed by atoms with Gasteiger partial charge in [-0.25, -0.2) is 0 Å². The van der Waals surface area contributed by atoms with Crippen molar-refractivity contribution in [3.05, 3.63) is 33.8 Å². The van der Waals surface area contributed by atoms with Crippen LogP contribution in [-0.4, -0.2) is 25.8 Å². The first-order valence-corrected chi connectivity index (χ1v) is 6.12. The Morgan fingerprint density at radius 2 is 2.40 bits per heavy atom. The van der Waals surface area contributed by atoms with Crippen LogP contribution in [-0.2, 0) is 11.2 Å². The summed E-state index contributed by atoms with van der Waals surface area (Å²) in [6.07, 6.45) is 1.30. The molecular formula is C12H16BrNO. The van der Waals surface area contributed by atoms with Gasteiger partial charge < -0.3 is 10.1 Å². The first-order chi connectivity index (χ1) is 7.25. The fraction of sp³-hybridized carbons (Fsp3) is 0.500. The summed E-state index contributed by atoms with van der Waals surface area (Å²) in [6.45, 7) is 4.87. The third kappa shape index (κ3) is 3.03. The lowest BCUT2D eigenvalue weighted by molar-refractivity contribution is 0.0291. The van der Waals surface area contributed by atoms with Crippen LogP contribution < -0.4 is 5.32 Å². The average Bonchev–Trinajstić information content (AvgIpc) is 2.24. The predicted molar refractivity (Wildman–Crippen MR) is 65.2 cm³/mol. The molecule has 2 nitrogen and oxygen atoms in total. The van der Waals surface area contributed by atoms with E-state index in [2.05, 4.69) is 46.4 Å². The summed E-state index contributed by atoms with van der Waals surface area (Å²) in [5.41, 5.74) is 2.61. The monoisotopic (exact) mass is 269 g/mol. The molecule has 15 heavy (non-hydrogen) atoms. The minimum atomic E-state index is 0.317. The Kier molecular flexibility index (Phi) is 3.78. The molecule has 82 valence electrons. The van der Waals surface area contributed by atoms with Gasteiger partial charge in [-0.1, -0.05) is 28.1 Å². The molecule has 0 amide bonds. The molecule has 0 spiro atoms. The third-order valence-electron chi connectivity index (χ3n) is 2.66. The van der Waals surface area contributed by atoms with Crippen molar-refractivity contribution < 1.29 is 4.74 Å². The van der Waals surface area contributed by atoms with Gasteiger partial charge in [0.1, 0.15) is 0 Å².